The number of hydrogen-bond donors (Lipinski definition) is 0. The highest BCUT2D eigenvalue weighted by Gasteiger charge is 2.01. The molecule has 0 unspecified atom stereocenters. The Kier molecular flexibility index (Phi) is 2.62. The predicted molar refractivity (Wildman–Crippen MR) is 59.1 cm³/mol. The fourth-order valence-corrected chi connectivity index (χ4v) is 2.25. The van der Waals surface area contributed by atoms with E-state index in [1.165, 1.54) is 10.4 Å². The molecule has 0 bridgehead atoms. The van der Waals surface area contributed by atoms with Crippen LogP contribution >= 0.6 is 11.3 Å². The zero-order chi connectivity index (χ0) is 9.80. The lowest BCUT2D eigenvalue weighted by Gasteiger charge is -1.94. The fourth-order valence-electron chi connectivity index (χ4n) is 1.31. The van der Waals surface area contributed by atoms with Gasteiger partial charge in [0.1, 0.15) is 0 Å². The number of nitriles is 1. The standard InChI is InChI=1S/C12H9NS/c13-9-8-11-6-7-12(14-11)10-4-2-1-3-5-10/h1-7H,8H2. The first-order valence-corrected chi connectivity index (χ1v) is 5.23. The van der Waals surface area contributed by atoms with Crippen molar-refractivity contribution < 1.29 is 0 Å². The third-order valence-electron chi connectivity index (χ3n) is 1.97. The molecule has 0 spiro atoms. The molecule has 68 valence electrons. The van der Waals surface area contributed by atoms with Crippen LogP contribution in [0.3, 0.4) is 0 Å². The van der Waals surface area contributed by atoms with Gasteiger partial charge in [0.25, 0.3) is 0 Å². The largest absolute Gasteiger partial charge is 0.198 e. The minimum absolute atomic E-state index is 0.511. The van der Waals surface area contributed by atoms with Crippen molar-refractivity contribution in [3.8, 4) is 16.5 Å². The van der Waals surface area contributed by atoms with Crippen molar-refractivity contribution >= 4 is 11.3 Å². The maximum Gasteiger partial charge on any atom is 0.0695 e. The Morgan fingerprint density at radius 3 is 2.57 bits per heavy atom. The highest BCUT2D eigenvalue weighted by molar-refractivity contribution is 7.15. The third kappa shape index (κ3) is 1.84. The van der Waals surface area contributed by atoms with E-state index in [1.54, 1.807) is 11.3 Å². The highest BCUT2D eigenvalue weighted by Crippen LogP contribution is 2.27. The molecule has 14 heavy (non-hydrogen) atoms. The molecule has 0 amide bonds. The predicted octanol–water partition coefficient (Wildman–Crippen LogP) is 3.48. The number of benzene rings is 1. The Morgan fingerprint density at radius 2 is 1.86 bits per heavy atom. The number of nitrogens with zero attached hydrogens (tertiary/aromatic N) is 1. The van der Waals surface area contributed by atoms with Gasteiger partial charge in [-0.05, 0) is 17.7 Å². The molecule has 2 rings (SSSR count). The van der Waals surface area contributed by atoms with Crippen molar-refractivity contribution in [2.45, 2.75) is 6.42 Å². The maximum absolute atomic E-state index is 8.56. The lowest BCUT2D eigenvalue weighted by molar-refractivity contribution is 1.32. The SMILES string of the molecule is N#CCc1ccc(-c2ccccc2)s1. The molecule has 2 heteroatoms. The van der Waals surface area contributed by atoms with Crippen molar-refractivity contribution in [2.24, 2.45) is 0 Å². The molecule has 0 saturated carbocycles. The molecule has 0 aliphatic rings. The van der Waals surface area contributed by atoms with Crippen molar-refractivity contribution in [3.05, 3.63) is 47.3 Å². The summed E-state index contributed by atoms with van der Waals surface area (Å²) in [4.78, 5) is 2.36. The number of hydrogen-bond acceptors (Lipinski definition) is 2. The molecule has 0 saturated heterocycles. The van der Waals surface area contributed by atoms with Crippen molar-refractivity contribution in [2.75, 3.05) is 0 Å². The number of thiophene rings is 1. The summed E-state index contributed by atoms with van der Waals surface area (Å²) in [5, 5.41) is 8.56. The average Bonchev–Trinajstić information content (AvgIpc) is 2.68. The van der Waals surface area contributed by atoms with Crippen LogP contribution in [0.1, 0.15) is 4.88 Å². The summed E-state index contributed by atoms with van der Waals surface area (Å²) in [5.74, 6) is 0. The van der Waals surface area contributed by atoms with Crippen LogP contribution < -0.4 is 0 Å². The van der Waals surface area contributed by atoms with Crippen LogP contribution in [-0.4, -0.2) is 0 Å². The van der Waals surface area contributed by atoms with Crippen LogP contribution in [0.5, 0.6) is 0 Å². The Hall–Kier alpha value is -1.59. The Labute approximate surface area is 87.3 Å². The second-order valence-electron chi connectivity index (χ2n) is 2.97. The second kappa shape index (κ2) is 4.08. The molecular formula is C12H9NS. The maximum atomic E-state index is 8.56. The van der Waals surface area contributed by atoms with E-state index >= 15 is 0 Å². The summed E-state index contributed by atoms with van der Waals surface area (Å²) in [5.41, 5.74) is 1.22. The average molecular weight is 199 g/mol. The van der Waals surface area contributed by atoms with Crippen molar-refractivity contribution in [1.29, 1.82) is 5.26 Å². The van der Waals surface area contributed by atoms with Crippen LogP contribution in [0.15, 0.2) is 42.5 Å². The van der Waals surface area contributed by atoms with E-state index in [0.717, 1.165) is 4.88 Å². The molecule has 0 aliphatic carbocycles. The minimum Gasteiger partial charge on any atom is -0.198 e. The summed E-state index contributed by atoms with van der Waals surface area (Å²) >= 11 is 1.69. The first-order chi connectivity index (χ1) is 6.90. The molecule has 0 atom stereocenters. The first-order valence-electron chi connectivity index (χ1n) is 4.41. The van der Waals surface area contributed by atoms with Crippen LogP contribution in [0, 0.1) is 11.3 Å². The van der Waals surface area contributed by atoms with E-state index < -0.39 is 0 Å². The lowest BCUT2D eigenvalue weighted by Crippen LogP contribution is -1.69. The van der Waals surface area contributed by atoms with E-state index in [-0.39, 0.29) is 0 Å². The molecular weight excluding hydrogens is 190 g/mol. The van der Waals surface area contributed by atoms with Crippen molar-refractivity contribution in [1.82, 2.24) is 0 Å². The van der Waals surface area contributed by atoms with E-state index in [2.05, 4.69) is 24.3 Å². The molecule has 1 nitrogen and oxygen atoms in total. The van der Waals surface area contributed by atoms with Crippen LogP contribution in [-0.2, 0) is 6.42 Å². The zero-order valence-electron chi connectivity index (χ0n) is 7.60. The summed E-state index contributed by atoms with van der Waals surface area (Å²) in [6.07, 6.45) is 0.511. The van der Waals surface area contributed by atoms with E-state index in [0.29, 0.717) is 6.42 Å². The molecule has 1 heterocycles. The molecule has 0 radical (unpaired) electrons. The van der Waals surface area contributed by atoms with Crippen LogP contribution in [0.4, 0.5) is 0 Å². The van der Waals surface area contributed by atoms with Gasteiger partial charge in [0.05, 0.1) is 12.5 Å². The normalized spacial score (nSPS) is 9.64. The monoisotopic (exact) mass is 199 g/mol. The van der Waals surface area contributed by atoms with Gasteiger partial charge in [0.2, 0.25) is 0 Å². The zero-order valence-corrected chi connectivity index (χ0v) is 8.42. The summed E-state index contributed by atoms with van der Waals surface area (Å²) in [6.45, 7) is 0. The molecule has 0 N–H and O–H groups in total. The van der Waals surface area contributed by atoms with E-state index in [4.69, 9.17) is 5.26 Å². The fraction of sp³-hybridized carbons (Fsp3) is 0.0833. The van der Waals surface area contributed by atoms with Gasteiger partial charge in [0.15, 0.2) is 0 Å². The van der Waals surface area contributed by atoms with Crippen LogP contribution in [0.2, 0.25) is 0 Å². The summed E-state index contributed by atoms with van der Waals surface area (Å²) < 4.78 is 0. The highest BCUT2D eigenvalue weighted by atomic mass is 32.1. The Balaban J connectivity index is 2.31. The van der Waals surface area contributed by atoms with Gasteiger partial charge in [-0.3, -0.25) is 0 Å². The topological polar surface area (TPSA) is 23.8 Å². The van der Waals surface area contributed by atoms with Gasteiger partial charge in [-0.15, -0.1) is 11.3 Å². The summed E-state index contributed by atoms with van der Waals surface area (Å²) in [6, 6.07) is 16.5. The Morgan fingerprint density at radius 1 is 1.07 bits per heavy atom. The molecule has 0 aliphatic heterocycles. The first kappa shape index (κ1) is 8.98. The minimum atomic E-state index is 0.511. The number of rotatable bonds is 2. The van der Waals surface area contributed by atoms with Gasteiger partial charge in [-0.2, -0.15) is 5.26 Å². The quantitative estimate of drug-likeness (QED) is 0.726. The van der Waals surface area contributed by atoms with E-state index in [9.17, 15) is 0 Å². The van der Waals surface area contributed by atoms with Gasteiger partial charge in [0, 0.05) is 9.75 Å². The van der Waals surface area contributed by atoms with E-state index in [1.807, 2.05) is 24.3 Å². The van der Waals surface area contributed by atoms with Crippen LogP contribution in [0.25, 0.3) is 10.4 Å². The van der Waals surface area contributed by atoms with Gasteiger partial charge in [-0.1, -0.05) is 30.3 Å². The Bertz CT molecular complexity index is 451. The summed E-state index contributed by atoms with van der Waals surface area (Å²) in [7, 11) is 0. The molecule has 1 aromatic heterocycles. The van der Waals surface area contributed by atoms with Crippen molar-refractivity contribution in [3.63, 3.8) is 0 Å². The lowest BCUT2D eigenvalue weighted by atomic mass is 10.2. The van der Waals surface area contributed by atoms with Gasteiger partial charge in [-0.25, -0.2) is 0 Å². The smallest absolute Gasteiger partial charge is 0.0695 e. The van der Waals surface area contributed by atoms with Gasteiger partial charge < -0.3 is 0 Å². The molecule has 2 aromatic rings. The molecule has 0 fully saturated rings. The van der Waals surface area contributed by atoms with Gasteiger partial charge >= 0.3 is 0 Å². The molecule has 1 aromatic carbocycles. The second-order valence-corrected chi connectivity index (χ2v) is 4.14. The third-order valence-corrected chi connectivity index (χ3v) is 3.11.